The average molecular weight is 259 g/mol. The summed E-state index contributed by atoms with van der Waals surface area (Å²) >= 11 is 1.83. The van der Waals surface area contributed by atoms with E-state index in [1.807, 2.05) is 11.3 Å². The van der Waals surface area contributed by atoms with Crippen LogP contribution in [0.5, 0.6) is 0 Å². The number of hydrogen-bond acceptors (Lipinski definition) is 4. The first-order chi connectivity index (χ1) is 8.90. The zero-order valence-electron chi connectivity index (χ0n) is 10.4. The van der Waals surface area contributed by atoms with E-state index in [-0.39, 0.29) is 0 Å². The van der Waals surface area contributed by atoms with Crippen LogP contribution >= 0.6 is 11.3 Å². The fraction of sp³-hybridized carbons (Fsp3) is 0.500. The summed E-state index contributed by atoms with van der Waals surface area (Å²) in [6.07, 6.45) is 2.74. The first kappa shape index (κ1) is 10.8. The summed E-state index contributed by atoms with van der Waals surface area (Å²) in [5.74, 6) is 0. The number of rotatable bonds is 1. The molecule has 0 amide bonds. The lowest BCUT2D eigenvalue weighted by atomic mass is 10.2. The smallest absolute Gasteiger partial charge is 0.186 e. The van der Waals surface area contributed by atoms with Gasteiger partial charge in [0.05, 0.1) is 10.2 Å². The lowest BCUT2D eigenvalue weighted by Gasteiger charge is -2.37. The van der Waals surface area contributed by atoms with E-state index in [9.17, 15) is 0 Å². The standard InChI is InChI=1S/C14H17N3S/c1-2-6-13-12(5-1)15-14(18-13)17-9-8-16-7-3-4-11(16)10-17/h1-2,5-6,11H,3-4,7-10H2. The minimum Gasteiger partial charge on any atom is -0.345 e. The van der Waals surface area contributed by atoms with E-state index in [0.717, 1.165) is 18.1 Å². The third-order valence-electron chi connectivity index (χ3n) is 4.14. The largest absolute Gasteiger partial charge is 0.345 e. The highest BCUT2D eigenvalue weighted by atomic mass is 32.1. The summed E-state index contributed by atoms with van der Waals surface area (Å²) in [5.41, 5.74) is 1.14. The molecule has 0 saturated carbocycles. The van der Waals surface area contributed by atoms with E-state index < -0.39 is 0 Å². The predicted octanol–water partition coefficient (Wildman–Crippen LogP) is 2.58. The van der Waals surface area contributed by atoms with Gasteiger partial charge in [0, 0.05) is 25.7 Å². The number of nitrogens with zero attached hydrogens (tertiary/aromatic N) is 3. The van der Waals surface area contributed by atoms with Gasteiger partial charge >= 0.3 is 0 Å². The molecule has 0 spiro atoms. The fourth-order valence-electron chi connectivity index (χ4n) is 3.16. The highest BCUT2D eigenvalue weighted by Crippen LogP contribution is 2.31. The SMILES string of the molecule is c1ccc2sc(N3CCN4CCCC4C3)nc2c1. The normalized spacial score (nSPS) is 24.7. The maximum atomic E-state index is 4.78. The molecule has 18 heavy (non-hydrogen) atoms. The van der Waals surface area contributed by atoms with Crippen molar-refractivity contribution in [2.45, 2.75) is 18.9 Å². The van der Waals surface area contributed by atoms with Crippen LogP contribution in [0.1, 0.15) is 12.8 Å². The maximum absolute atomic E-state index is 4.78. The molecule has 3 nitrogen and oxygen atoms in total. The van der Waals surface area contributed by atoms with Crippen LogP contribution in [0.15, 0.2) is 24.3 Å². The fourth-order valence-corrected chi connectivity index (χ4v) is 4.16. The summed E-state index contributed by atoms with van der Waals surface area (Å²) in [6.45, 7) is 4.81. The van der Waals surface area contributed by atoms with Gasteiger partial charge in [0.15, 0.2) is 5.13 Å². The molecule has 0 radical (unpaired) electrons. The minimum absolute atomic E-state index is 0.769. The molecular weight excluding hydrogens is 242 g/mol. The van der Waals surface area contributed by atoms with Crippen LogP contribution in [-0.2, 0) is 0 Å². The van der Waals surface area contributed by atoms with Gasteiger partial charge in [-0.15, -0.1) is 0 Å². The molecule has 0 bridgehead atoms. The zero-order chi connectivity index (χ0) is 11.9. The topological polar surface area (TPSA) is 19.4 Å². The summed E-state index contributed by atoms with van der Waals surface area (Å²) in [6, 6.07) is 9.22. The van der Waals surface area contributed by atoms with Crippen LogP contribution in [0.2, 0.25) is 0 Å². The molecule has 1 atom stereocenters. The molecular formula is C14H17N3S. The van der Waals surface area contributed by atoms with Crippen molar-refractivity contribution >= 4 is 26.7 Å². The van der Waals surface area contributed by atoms with Crippen molar-refractivity contribution in [3.05, 3.63) is 24.3 Å². The average Bonchev–Trinajstić information content (AvgIpc) is 3.04. The van der Waals surface area contributed by atoms with Gasteiger partial charge in [-0.05, 0) is 31.5 Å². The van der Waals surface area contributed by atoms with Gasteiger partial charge in [0.2, 0.25) is 0 Å². The van der Waals surface area contributed by atoms with E-state index in [0.29, 0.717) is 0 Å². The van der Waals surface area contributed by atoms with Crippen molar-refractivity contribution in [1.29, 1.82) is 0 Å². The van der Waals surface area contributed by atoms with E-state index in [1.54, 1.807) is 0 Å². The highest BCUT2D eigenvalue weighted by Gasteiger charge is 2.31. The Morgan fingerprint density at radius 3 is 3.06 bits per heavy atom. The molecule has 0 N–H and O–H groups in total. The summed E-state index contributed by atoms with van der Waals surface area (Å²) in [4.78, 5) is 9.90. The zero-order valence-corrected chi connectivity index (χ0v) is 11.2. The van der Waals surface area contributed by atoms with Crippen LogP contribution in [0.3, 0.4) is 0 Å². The van der Waals surface area contributed by atoms with Crippen LogP contribution in [0, 0.1) is 0 Å². The van der Waals surface area contributed by atoms with Crippen molar-refractivity contribution in [2.24, 2.45) is 0 Å². The molecule has 2 aliphatic heterocycles. The molecule has 2 saturated heterocycles. The second-order valence-corrected chi connectivity index (χ2v) is 6.25. The summed E-state index contributed by atoms with van der Waals surface area (Å²) < 4.78 is 1.31. The van der Waals surface area contributed by atoms with E-state index in [4.69, 9.17) is 4.98 Å². The van der Waals surface area contributed by atoms with Crippen molar-refractivity contribution in [1.82, 2.24) is 9.88 Å². The number of benzene rings is 1. The molecule has 2 aliphatic rings. The molecule has 94 valence electrons. The van der Waals surface area contributed by atoms with Crippen LogP contribution < -0.4 is 4.90 Å². The van der Waals surface area contributed by atoms with Crippen molar-refractivity contribution in [3.8, 4) is 0 Å². The molecule has 0 aliphatic carbocycles. The van der Waals surface area contributed by atoms with Crippen LogP contribution in [0.25, 0.3) is 10.2 Å². The van der Waals surface area contributed by atoms with E-state index >= 15 is 0 Å². The third kappa shape index (κ3) is 1.71. The Kier molecular flexibility index (Phi) is 2.52. The lowest BCUT2D eigenvalue weighted by molar-refractivity contribution is 0.231. The molecule has 4 heteroatoms. The number of thiazole rings is 1. The Labute approximate surface area is 111 Å². The molecule has 3 heterocycles. The molecule has 1 aromatic carbocycles. The second-order valence-electron chi connectivity index (χ2n) is 5.24. The molecule has 4 rings (SSSR count). The number of anilines is 1. The number of fused-ring (bicyclic) bond motifs is 2. The Morgan fingerprint density at radius 1 is 1.17 bits per heavy atom. The van der Waals surface area contributed by atoms with Crippen LogP contribution in [0.4, 0.5) is 5.13 Å². The molecule has 2 fully saturated rings. The Morgan fingerprint density at radius 2 is 2.11 bits per heavy atom. The quantitative estimate of drug-likeness (QED) is 0.784. The summed E-state index contributed by atoms with van der Waals surface area (Å²) in [7, 11) is 0. The van der Waals surface area contributed by atoms with Crippen molar-refractivity contribution in [3.63, 3.8) is 0 Å². The van der Waals surface area contributed by atoms with Crippen molar-refractivity contribution in [2.75, 3.05) is 31.1 Å². The Balaban J connectivity index is 1.62. The second kappa shape index (κ2) is 4.21. The van der Waals surface area contributed by atoms with Gasteiger partial charge in [-0.3, -0.25) is 4.90 Å². The van der Waals surface area contributed by atoms with Gasteiger partial charge in [0.25, 0.3) is 0 Å². The monoisotopic (exact) mass is 259 g/mol. The van der Waals surface area contributed by atoms with E-state index in [1.165, 1.54) is 42.3 Å². The van der Waals surface area contributed by atoms with Gasteiger partial charge in [0.1, 0.15) is 0 Å². The van der Waals surface area contributed by atoms with E-state index in [2.05, 4.69) is 34.1 Å². The number of para-hydroxylation sites is 1. The van der Waals surface area contributed by atoms with Gasteiger partial charge in [-0.2, -0.15) is 0 Å². The van der Waals surface area contributed by atoms with Gasteiger partial charge in [-0.1, -0.05) is 23.5 Å². The maximum Gasteiger partial charge on any atom is 0.186 e. The number of piperazine rings is 1. The first-order valence-electron chi connectivity index (χ1n) is 6.75. The minimum atomic E-state index is 0.769. The Bertz CT molecular complexity index is 532. The number of aromatic nitrogens is 1. The first-order valence-corrected chi connectivity index (χ1v) is 7.56. The van der Waals surface area contributed by atoms with Gasteiger partial charge < -0.3 is 4.90 Å². The third-order valence-corrected chi connectivity index (χ3v) is 5.24. The van der Waals surface area contributed by atoms with Crippen molar-refractivity contribution < 1.29 is 0 Å². The molecule has 1 unspecified atom stereocenters. The number of hydrogen-bond donors (Lipinski definition) is 0. The lowest BCUT2D eigenvalue weighted by Crippen LogP contribution is -2.50. The summed E-state index contributed by atoms with van der Waals surface area (Å²) in [5, 5.41) is 1.21. The Hall–Kier alpha value is -1.13. The highest BCUT2D eigenvalue weighted by molar-refractivity contribution is 7.22. The molecule has 1 aromatic heterocycles. The van der Waals surface area contributed by atoms with Gasteiger partial charge in [-0.25, -0.2) is 4.98 Å². The predicted molar refractivity (Wildman–Crippen MR) is 76.4 cm³/mol. The van der Waals surface area contributed by atoms with Crippen LogP contribution in [-0.4, -0.2) is 42.1 Å². The molecule has 2 aromatic rings.